The number of hydrogen-bond donors (Lipinski definition) is 2. The van der Waals surface area contributed by atoms with Gasteiger partial charge in [-0.1, -0.05) is 12.5 Å². The molecule has 1 aliphatic carbocycles. The topological polar surface area (TPSA) is 62.4 Å². The van der Waals surface area contributed by atoms with Gasteiger partial charge in [-0.15, -0.1) is 0 Å². The number of anilines is 1. The summed E-state index contributed by atoms with van der Waals surface area (Å²) < 4.78 is 0. The van der Waals surface area contributed by atoms with Gasteiger partial charge in [0.15, 0.2) is 0 Å². The summed E-state index contributed by atoms with van der Waals surface area (Å²) in [6.07, 6.45) is 6.60. The number of rotatable bonds is 6. The average Bonchev–Trinajstić information content (AvgIpc) is 2.26. The molecule has 0 atom stereocenters. The number of aromatic nitrogens is 1. The van der Waals surface area contributed by atoms with E-state index in [4.69, 9.17) is 10.8 Å². The van der Waals surface area contributed by atoms with E-state index in [1.807, 2.05) is 18.3 Å². The highest BCUT2D eigenvalue weighted by Crippen LogP contribution is 2.26. The van der Waals surface area contributed by atoms with Crippen molar-refractivity contribution in [1.29, 1.82) is 0 Å². The predicted octanol–water partition coefficient (Wildman–Crippen LogP) is 1.40. The molecule has 3 N–H and O–H groups in total. The lowest BCUT2D eigenvalue weighted by Gasteiger charge is -2.37. The first-order valence-corrected chi connectivity index (χ1v) is 6.35. The molecule has 0 amide bonds. The molecule has 0 aromatic carbocycles. The largest absolute Gasteiger partial charge is 0.396 e. The van der Waals surface area contributed by atoms with Crippen molar-refractivity contribution < 1.29 is 5.11 Å². The van der Waals surface area contributed by atoms with Crippen molar-refractivity contribution in [2.45, 2.75) is 38.3 Å². The molecule has 0 aliphatic heterocycles. The number of hydrogen-bond acceptors (Lipinski definition) is 4. The second kappa shape index (κ2) is 5.98. The van der Waals surface area contributed by atoms with Gasteiger partial charge in [0, 0.05) is 31.9 Å². The van der Waals surface area contributed by atoms with Gasteiger partial charge in [0.2, 0.25) is 0 Å². The van der Waals surface area contributed by atoms with E-state index < -0.39 is 0 Å². The lowest BCUT2D eigenvalue weighted by Crippen LogP contribution is -2.40. The van der Waals surface area contributed by atoms with Crippen LogP contribution in [-0.4, -0.2) is 34.2 Å². The van der Waals surface area contributed by atoms with Gasteiger partial charge >= 0.3 is 0 Å². The van der Waals surface area contributed by atoms with Gasteiger partial charge in [0.05, 0.1) is 0 Å². The van der Waals surface area contributed by atoms with Crippen molar-refractivity contribution in [1.82, 2.24) is 9.88 Å². The molecule has 1 aliphatic rings. The minimum Gasteiger partial charge on any atom is -0.396 e. The van der Waals surface area contributed by atoms with Crippen molar-refractivity contribution in [3.05, 3.63) is 23.9 Å². The van der Waals surface area contributed by atoms with Gasteiger partial charge in [0.1, 0.15) is 5.82 Å². The van der Waals surface area contributed by atoms with Crippen LogP contribution in [0.5, 0.6) is 0 Å². The Morgan fingerprint density at radius 1 is 1.41 bits per heavy atom. The summed E-state index contributed by atoms with van der Waals surface area (Å²) in [6, 6.07) is 4.58. The normalized spacial score (nSPS) is 16.1. The number of aliphatic hydroxyl groups excluding tert-OH is 1. The van der Waals surface area contributed by atoms with Crippen LogP contribution in [0.1, 0.15) is 31.2 Å². The summed E-state index contributed by atoms with van der Waals surface area (Å²) in [5.74, 6) is 0.569. The number of aliphatic hydroxyl groups is 1. The van der Waals surface area contributed by atoms with Crippen molar-refractivity contribution in [3.63, 3.8) is 0 Å². The number of pyridine rings is 1. The van der Waals surface area contributed by atoms with Crippen molar-refractivity contribution in [3.8, 4) is 0 Å². The fourth-order valence-electron chi connectivity index (χ4n) is 2.18. The van der Waals surface area contributed by atoms with E-state index >= 15 is 0 Å². The quantitative estimate of drug-likeness (QED) is 0.782. The molecule has 1 saturated carbocycles. The smallest absolute Gasteiger partial charge is 0.123 e. The van der Waals surface area contributed by atoms with E-state index in [1.165, 1.54) is 24.8 Å². The molecular formula is C13H21N3O. The molecule has 1 aromatic rings. The fourth-order valence-corrected chi connectivity index (χ4v) is 2.18. The van der Waals surface area contributed by atoms with Crippen LogP contribution in [0, 0.1) is 0 Å². The van der Waals surface area contributed by atoms with Crippen LogP contribution in [0.2, 0.25) is 0 Å². The van der Waals surface area contributed by atoms with Gasteiger partial charge in [-0.25, -0.2) is 4.98 Å². The highest BCUT2D eigenvalue weighted by molar-refractivity contribution is 5.29. The van der Waals surface area contributed by atoms with Crippen molar-refractivity contribution >= 4 is 5.82 Å². The average molecular weight is 235 g/mol. The first kappa shape index (κ1) is 12.3. The Balaban J connectivity index is 1.93. The highest BCUT2D eigenvalue weighted by atomic mass is 16.3. The minimum absolute atomic E-state index is 0.267. The first-order valence-electron chi connectivity index (χ1n) is 6.35. The summed E-state index contributed by atoms with van der Waals surface area (Å²) >= 11 is 0. The van der Waals surface area contributed by atoms with Gasteiger partial charge in [0.25, 0.3) is 0 Å². The molecule has 4 nitrogen and oxygen atoms in total. The summed E-state index contributed by atoms with van der Waals surface area (Å²) in [6.45, 7) is 2.15. The molecule has 0 radical (unpaired) electrons. The Morgan fingerprint density at radius 2 is 2.24 bits per heavy atom. The molecule has 17 heavy (non-hydrogen) atoms. The Labute approximate surface area is 102 Å². The fraction of sp³-hybridized carbons (Fsp3) is 0.615. The van der Waals surface area contributed by atoms with Crippen LogP contribution >= 0.6 is 0 Å². The molecule has 1 heterocycles. The van der Waals surface area contributed by atoms with E-state index in [0.717, 1.165) is 19.5 Å². The molecule has 0 bridgehead atoms. The van der Waals surface area contributed by atoms with E-state index in [1.54, 1.807) is 0 Å². The maximum atomic E-state index is 8.93. The summed E-state index contributed by atoms with van der Waals surface area (Å²) in [5.41, 5.74) is 6.78. The molecule has 4 heteroatoms. The van der Waals surface area contributed by atoms with E-state index in [0.29, 0.717) is 11.9 Å². The minimum atomic E-state index is 0.267. The zero-order valence-electron chi connectivity index (χ0n) is 10.2. The third-order valence-corrected chi connectivity index (χ3v) is 3.43. The second-order valence-corrected chi connectivity index (χ2v) is 4.72. The highest BCUT2D eigenvalue weighted by Gasteiger charge is 2.24. The zero-order valence-corrected chi connectivity index (χ0v) is 10.2. The maximum Gasteiger partial charge on any atom is 0.123 e. The van der Waals surface area contributed by atoms with Crippen LogP contribution < -0.4 is 5.73 Å². The Kier molecular flexibility index (Phi) is 4.34. The maximum absolute atomic E-state index is 8.93. The van der Waals surface area contributed by atoms with Gasteiger partial charge < -0.3 is 10.8 Å². The molecule has 2 rings (SSSR count). The van der Waals surface area contributed by atoms with E-state index in [2.05, 4.69) is 9.88 Å². The molecule has 0 spiro atoms. The standard InChI is InChI=1S/C13H21N3O/c14-13-6-5-11(9-15-13)10-16(7-2-8-17)12-3-1-4-12/h5-6,9,12,17H,1-4,7-8,10H2,(H2,14,15). The van der Waals surface area contributed by atoms with E-state index in [-0.39, 0.29) is 6.61 Å². The first-order chi connectivity index (χ1) is 8.29. The third kappa shape index (κ3) is 3.41. The SMILES string of the molecule is Nc1ccc(CN(CCCO)C2CCC2)cn1. The molecule has 0 unspecified atom stereocenters. The van der Waals surface area contributed by atoms with Crippen LogP contribution in [-0.2, 0) is 6.54 Å². The van der Waals surface area contributed by atoms with Gasteiger partial charge in [-0.2, -0.15) is 0 Å². The lowest BCUT2D eigenvalue weighted by atomic mass is 9.91. The lowest BCUT2D eigenvalue weighted by molar-refractivity contribution is 0.109. The summed E-state index contributed by atoms with van der Waals surface area (Å²) in [7, 11) is 0. The van der Waals surface area contributed by atoms with Crippen LogP contribution in [0.3, 0.4) is 0 Å². The Bertz CT molecular complexity index is 335. The molecule has 1 aromatic heterocycles. The summed E-state index contributed by atoms with van der Waals surface area (Å²) in [4.78, 5) is 6.57. The van der Waals surface area contributed by atoms with Crippen molar-refractivity contribution in [2.75, 3.05) is 18.9 Å². The zero-order chi connectivity index (χ0) is 12.1. The van der Waals surface area contributed by atoms with Gasteiger partial charge in [-0.05, 0) is 30.9 Å². The molecule has 0 saturated heterocycles. The van der Waals surface area contributed by atoms with Crippen LogP contribution in [0.15, 0.2) is 18.3 Å². The Morgan fingerprint density at radius 3 is 2.76 bits per heavy atom. The molecule has 1 fully saturated rings. The van der Waals surface area contributed by atoms with Gasteiger partial charge in [-0.3, -0.25) is 4.90 Å². The predicted molar refractivity (Wildman–Crippen MR) is 68.4 cm³/mol. The Hall–Kier alpha value is -1.13. The number of nitrogen functional groups attached to an aromatic ring is 1. The van der Waals surface area contributed by atoms with Crippen LogP contribution in [0.4, 0.5) is 5.82 Å². The van der Waals surface area contributed by atoms with E-state index in [9.17, 15) is 0 Å². The number of nitrogens with two attached hydrogens (primary N) is 1. The van der Waals surface area contributed by atoms with Crippen LogP contribution in [0.25, 0.3) is 0 Å². The van der Waals surface area contributed by atoms with Crippen molar-refractivity contribution in [2.24, 2.45) is 0 Å². The third-order valence-electron chi connectivity index (χ3n) is 3.43. The molecule has 94 valence electrons. The molecular weight excluding hydrogens is 214 g/mol. The number of nitrogens with zero attached hydrogens (tertiary/aromatic N) is 2. The second-order valence-electron chi connectivity index (χ2n) is 4.72. The monoisotopic (exact) mass is 235 g/mol. The summed E-state index contributed by atoms with van der Waals surface area (Å²) in [5, 5.41) is 8.93.